The van der Waals surface area contributed by atoms with Crippen molar-refractivity contribution in [3.8, 4) is 21.9 Å². The maximum atomic E-state index is 5.29. The van der Waals surface area contributed by atoms with Crippen molar-refractivity contribution < 1.29 is 9.47 Å². The predicted molar refractivity (Wildman–Crippen MR) is 73.1 cm³/mol. The van der Waals surface area contributed by atoms with Crippen LogP contribution in [0.25, 0.3) is 10.4 Å². The van der Waals surface area contributed by atoms with Gasteiger partial charge in [-0.2, -0.15) is 0 Å². The van der Waals surface area contributed by atoms with Gasteiger partial charge in [0.05, 0.1) is 24.8 Å². The van der Waals surface area contributed by atoms with Crippen LogP contribution in [0.1, 0.15) is 5.69 Å². The molecule has 0 N–H and O–H groups in total. The Morgan fingerprint density at radius 1 is 1.18 bits per heavy atom. The van der Waals surface area contributed by atoms with Crippen LogP contribution in [0.15, 0.2) is 22.1 Å². The molecule has 1 aromatic heterocycles. The molecule has 0 saturated carbocycles. The van der Waals surface area contributed by atoms with Crippen LogP contribution in [0.5, 0.6) is 11.5 Å². The zero-order valence-electron chi connectivity index (χ0n) is 9.78. The molecule has 0 aliphatic rings. The van der Waals surface area contributed by atoms with E-state index >= 15 is 0 Å². The summed E-state index contributed by atoms with van der Waals surface area (Å²) in [6.07, 6.45) is 0. The molecule has 0 aliphatic carbocycles. The lowest BCUT2D eigenvalue weighted by atomic mass is 10.1. The van der Waals surface area contributed by atoms with Gasteiger partial charge in [0.25, 0.3) is 0 Å². The van der Waals surface area contributed by atoms with Gasteiger partial charge in [-0.1, -0.05) is 0 Å². The first-order valence-electron chi connectivity index (χ1n) is 5.01. The highest BCUT2D eigenvalue weighted by Crippen LogP contribution is 2.37. The number of ether oxygens (including phenoxy) is 2. The molecule has 0 spiro atoms. The summed E-state index contributed by atoms with van der Waals surface area (Å²) in [6.45, 7) is 1.99. The van der Waals surface area contributed by atoms with Crippen LogP contribution in [0.4, 0.5) is 0 Å². The molecular weight excluding hydrogens is 302 g/mol. The molecule has 0 atom stereocenters. The van der Waals surface area contributed by atoms with Gasteiger partial charge >= 0.3 is 0 Å². The monoisotopic (exact) mass is 313 g/mol. The first-order valence-corrected chi connectivity index (χ1v) is 6.62. The van der Waals surface area contributed by atoms with Crippen LogP contribution < -0.4 is 9.47 Å². The third-order valence-corrected chi connectivity index (χ3v) is 4.07. The largest absolute Gasteiger partial charge is 0.493 e. The molecule has 0 saturated heterocycles. The van der Waals surface area contributed by atoms with E-state index in [2.05, 4.69) is 20.9 Å². The summed E-state index contributed by atoms with van der Waals surface area (Å²) in [6, 6.07) is 5.88. The Balaban J connectivity index is 2.50. The van der Waals surface area contributed by atoms with E-state index in [4.69, 9.17) is 9.47 Å². The zero-order valence-corrected chi connectivity index (χ0v) is 12.2. The molecule has 3 nitrogen and oxygen atoms in total. The number of thiazole rings is 1. The van der Waals surface area contributed by atoms with E-state index in [1.54, 1.807) is 25.6 Å². The maximum absolute atomic E-state index is 5.29. The van der Waals surface area contributed by atoms with Crippen molar-refractivity contribution in [3.63, 3.8) is 0 Å². The standard InChI is InChI=1S/C12H12BrNO2S/c1-7-11(17-12(13)14-7)8-4-5-9(15-2)10(6-8)16-3/h4-6H,1-3H3. The number of aryl methyl sites for hydroxylation is 1. The van der Waals surface area contributed by atoms with Gasteiger partial charge < -0.3 is 9.47 Å². The molecule has 17 heavy (non-hydrogen) atoms. The lowest BCUT2D eigenvalue weighted by Gasteiger charge is -2.08. The topological polar surface area (TPSA) is 31.4 Å². The number of hydrogen-bond donors (Lipinski definition) is 0. The lowest BCUT2D eigenvalue weighted by molar-refractivity contribution is 0.355. The molecule has 0 amide bonds. The first kappa shape index (κ1) is 12.4. The van der Waals surface area contributed by atoms with Gasteiger partial charge in [0.1, 0.15) is 0 Å². The van der Waals surface area contributed by atoms with Crippen molar-refractivity contribution in [2.45, 2.75) is 6.92 Å². The minimum atomic E-state index is 0.730. The van der Waals surface area contributed by atoms with Crippen molar-refractivity contribution in [1.29, 1.82) is 0 Å². The fourth-order valence-corrected chi connectivity index (χ4v) is 3.15. The third kappa shape index (κ3) is 2.45. The summed E-state index contributed by atoms with van der Waals surface area (Å²) in [7, 11) is 3.27. The van der Waals surface area contributed by atoms with Crippen molar-refractivity contribution >= 4 is 27.3 Å². The van der Waals surface area contributed by atoms with E-state index in [9.17, 15) is 0 Å². The van der Waals surface area contributed by atoms with Gasteiger partial charge in [-0.25, -0.2) is 4.98 Å². The Morgan fingerprint density at radius 3 is 2.41 bits per heavy atom. The van der Waals surface area contributed by atoms with Crippen LogP contribution in [-0.4, -0.2) is 19.2 Å². The van der Waals surface area contributed by atoms with Gasteiger partial charge in [0, 0.05) is 0 Å². The Labute approximate surface area is 113 Å². The predicted octanol–water partition coefficient (Wildman–Crippen LogP) is 3.90. The molecule has 1 aromatic carbocycles. The minimum Gasteiger partial charge on any atom is -0.493 e. The van der Waals surface area contributed by atoms with E-state index in [-0.39, 0.29) is 0 Å². The quantitative estimate of drug-likeness (QED) is 0.861. The van der Waals surface area contributed by atoms with Crippen LogP contribution in [0.3, 0.4) is 0 Å². The summed E-state index contributed by atoms with van der Waals surface area (Å²) in [5.41, 5.74) is 2.09. The number of halogens is 1. The van der Waals surface area contributed by atoms with Crippen LogP contribution in [0.2, 0.25) is 0 Å². The average Bonchev–Trinajstić information content (AvgIpc) is 2.67. The van der Waals surface area contributed by atoms with E-state index in [1.165, 1.54) is 0 Å². The number of hydrogen-bond acceptors (Lipinski definition) is 4. The van der Waals surface area contributed by atoms with E-state index < -0.39 is 0 Å². The van der Waals surface area contributed by atoms with Crippen molar-refractivity contribution in [2.24, 2.45) is 0 Å². The van der Waals surface area contributed by atoms with Crippen molar-refractivity contribution in [2.75, 3.05) is 14.2 Å². The van der Waals surface area contributed by atoms with Gasteiger partial charge in [0.2, 0.25) is 0 Å². The highest BCUT2D eigenvalue weighted by molar-refractivity contribution is 9.11. The molecule has 2 rings (SSSR count). The van der Waals surface area contributed by atoms with Gasteiger partial charge in [-0.05, 0) is 46.6 Å². The first-order chi connectivity index (χ1) is 8.15. The smallest absolute Gasteiger partial charge is 0.161 e. The Morgan fingerprint density at radius 2 is 1.88 bits per heavy atom. The van der Waals surface area contributed by atoms with Gasteiger partial charge in [0.15, 0.2) is 15.4 Å². The fraction of sp³-hybridized carbons (Fsp3) is 0.250. The third-order valence-electron chi connectivity index (χ3n) is 2.42. The highest BCUT2D eigenvalue weighted by Gasteiger charge is 2.11. The SMILES string of the molecule is COc1ccc(-c2sc(Br)nc2C)cc1OC. The Hall–Kier alpha value is -1.07. The Kier molecular flexibility index (Phi) is 3.69. The van der Waals surface area contributed by atoms with Crippen LogP contribution >= 0.6 is 27.3 Å². The van der Waals surface area contributed by atoms with Crippen molar-refractivity contribution in [1.82, 2.24) is 4.98 Å². The zero-order chi connectivity index (χ0) is 12.4. The number of benzene rings is 1. The summed E-state index contributed by atoms with van der Waals surface area (Å²) in [5.74, 6) is 1.46. The maximum Gasteiger partial charge on any atom is 0.161 e. The van der Waals surface area contributed by atoms with E-state index in [1.807, 2.05) is 25.1 Å². The highest BCUT2D eigenvalue weighted by atomic mass is 79.9. The summed E-state index contributed by atoms with van der Waals surface area (Å²) in [4.78, 5) is 5.49. The summed E-state index contributed by atoms with van der Waals surface area (Å²) < 4.78 is 11.4. The second-order valence-electron chi connectivity index (χ2n) is 3.45. The van der Waals surface area contributed by atoms with Crippen molar-refractivity contribution in [3.05, 3.63) is 27.8 Å². The van der Waals surface area contributed by atoms with Crippen LogP contribution in [0, 0.1) is 6.92 Å². The van der Waals surface area contributed by atoms with E-state index in [0.29, 0.717) is 0 Å². The molecule has 0 bridgehead atoms. The number of methoxy groups -OCH3 is 2. The molecule has 90 valence electrons. The molecule has 1 heterocycles. The van der Waals surface area contributed by atoms with Gasteiger partial charge in [-0.15, -0.1) is 11.3 Å². The second kappa shape index (κ2) is 5.06. The number of rotatable bonds is 3. The number of nitrogens with zero attached hydrogens (tertiary/aromatic N) is 1. The molecule has 2 aromatic rings. The summed E-state index contributed by atoms with van der Waals surface area (Å²) >= 11 is 5.00. The molecule has 0 fully saturated rings. The molecule has 0 radical (unpaired) electrons. The summed E-state index contributed by atoms with van der Waals surface area (Å²) in [5, 5.41) is 0. The average molecular weight is 314 g/mol. The van der Waals surface area contributed by atoms with Crippen LogP contribution in [-0.2, 0) is 0 Å². The second-order valence-corrected chi connectivity index (χ2v) is 5.73. The molecule has 0 unspecified atom stereocenters. The lowest BCUT2D eigenvalue weighted by Crippen LogP contribution is -1.90. The molecule has 5 heteroatoms. The number of aromatic nitrogens is 1. The minimum absolute atomic E-state index is 0.730. The normalized spacial score (nSPS) is 10.4. The molecule has 0 aliphatic heterocycles. The Bertz CT molecular complexity index is 539. The molecular formula is C12H12BrNO2S. The van der Waals surface area contributed by atoms with E-state index in [0.717, 1.165) is 31.6 Å². The fourth-order valence-electron chi connectivity index (χ4n) is 1.61. The van der Waals surface area contributed by atoms with Gasteiger partial charge in [-0.3, -0.25) is 0 Å².